The lowest BCUT2D eigenvalue weighted by Crippen LogP contribution is -2.26. The maximum absolute atomic E-state index is 14.6. The van der Waals surface area contributed by atoms with Gasteiger partial charge in [0.25, 0.3) is 15.9 Å². The molecule has 1 unspecified atom stereocenters. The number of carbonyl (C=O) groups is 2. The maximum Gasteiger partial charge on any atom is 0.261 e. The van der Waals surface area contributed by atoms with Gasteiger partial charge in [-0.15, -0.1) is 11.8 Å². The Hall–Kier alpha value is -3.37. The summed E-state index contributed by atoms with van der Waals surface area (Å²) in [6.45, 7) is 1.78. The quantitative estimate of drug-likeness (QED) is 0.514. The van der Waals surface area contributed by atoms with Gasteiger partial charge in [-0.3, -0.25) is 14.3 Å². The van der Waals surface area contributed by atoms with Crippen LogP contribution in [0.25, 0.3) is 0 Å². The number of rotatable bonds is 5. The van der Waals surface area contributed by atoms with Gasteiger partial charge in [-0.25, -0.2) is 12.8 Å². The topological polar surface area (TPSA) is 104 Å². The van der Waals surface area contributed by atoms with Gasteiger partial charge < -0.3 is 10.6 Å². The Kier molecular flexibility index (Phi) is 5.90. The number of thioether (sulfide) groups is 1. The van der Waals surface area contributed by atoms with E-state index in [9.17, 15) is 22.4 Å². The van der Waals surface area contributed by atoms with Crippen LogP contribution >= 0.6 is 11.8 Å². The number of amides is 2. The van der Waals surface area contributed by atoms with Crippen LogP contribution < -0.4 is 15.4 Å². The first kappa shape index (κ1) is 21.8. The summed E-state index contributed by atoms with van der Waals surface area (Å²) in [6.07, 6.45) is 0. The highest BCUT2D eigenvalue weighted by molar-refractivity contribution is 8.01. The Balaban J connectivity index is 1.51. The van der Waals surface area contributed by atoms with Crippen molar-refractivity contribution in [3.8, 4) is 0 Å². The zero-order valence-corrected chi connectivity index (χ0v) is 18.4. The zero-order chi connectivity index (χ0) is 22.9. The van der Waals surface area contributed by atoms with Crippen molar-refractivity contribution in [2.24, 2.45) is 0 Å². The number of para-hydroxylation sites is 1. The van der Waals surface area contributed by atoms with Crippen LogP contribution in [0.5, 0.6) is 0 Å². The van der Waals surface area contributed by atoms with Crippen LogP contribution in [0.1, 0.15) is 17.3 Å². The lowest BCUT2D eigenvalue weighted by atomic mass is 10.1. The van der Waals surface area contributed by atoms with Gasteiger partial charge in [-0.05, 0) is 55.5 Å². The number of sulfonamides is 1. The van der Waals surface area contributed by atoms with Crippen molar-refractivity contribution in [1.82, 2.24) is 0 Å². The standard InChI is InChI=1S/C22H18FN3O4S2/c1-13-21(27)25-19-11-14(7-10-20(19)31-13)22(28)24-18-9-8-16(12-17(18)23)32(29,30)26-15-5-3-2-4-6-15/h2-13,26H,1H3,(H,24,28)(H,25,27). The Morgan fingerprint density at radius 3 is 2.53 bits per heavy atom. The Bertz CT molecular complexity index is 1310. The normalized spacial score (nSPS) is 15.4. The molecule has 0 saturated carbocycles. The average molecular weight is 472 g/mol. The van der Waals surface area contributed by atoms with E-state index in [1.54, 1.807) is 49.4 Å². The summed E-state index contributed by atoms with van der Waals surface area (Å²) >= 11 is 1.38. The van der Waals surface area contributed by atoms with Gasteiger partial charge in [0.2, 0.25) is 5.91 Å². The van der Waals surface area contributed by atoms with E-state index in [2.05, 4.69) is 15.4 Å². The Morgan fingerprint density at radius 1 is 1.06 bits per heavy atom. The summed E-state index contributed by atoms with van der Waals surface area (Å²) in [5.41, 5.74) is 0.913. The van der Waals surface area contributed by atoms with Crippen LogP contribution in [0.2, 0.25) is 0 Å². The fourth-order valence-electron chi connectivity index (χ4n) is 3.03. The third kappa shape index (κ3) is 4.61. The largest absolute Gasteiger partial charge is 0.324 e. The highest BCUT2D eigenvalue weighted by Gasteiger charge is 2.24. The number of hydrogen-bond acceptors (Lipinski definition) is 5. The van der Waals surface area contributed by atoms with E-state index in [0.29, 0.717) is 11.4 Å². The van der Waals surface area contributed by atoms with Crippen molar-refractivity contribution in [1.29, 1.82) is 0 Å². The molecule has 0 aromatic heterocycles. The van der Waals surface area contributed by atoms with Gasteiger partial charge in [0.05, 0.1) is 21.5 Å². The van der Waals surface area contributed by atoms with Crippen LogP contribution in [0.3, 0.4) is 0 Å². The van der Waals surface area contributed by atoms with Crippen molar-refractivity contribution in [2.75, 3.05) is 15.4 Å². The predicted octanol–water partition coefficient (Wildman–Crippen LogP) is 4.31. The van der Waals surface area contributed by atoms with Gasteiger partial charge in [0, 0.05) is 16.1 Å². The van der Waals surface area contributed by atoms with Gasteiger partial charge >= 0.3 is 0 Å². The summed E-state index contributed by atoms with van der Waals surface area (Å²) < 4.78 is 41.9. The predicted molar refractivity (Wildman–Crippen MR) is 122 cm³/mol. The smallest absolute Gasteiger partial charge is 0.261 e. The van der Waals surface area contributed by atoms with E-state index < -0.39 is 21.7 Å². The lowest BCUT2D eigenvalue weighted by molar-refractivity contribution is -0.115. The van der Waals surface area contributed by atoms with Gasteiger partial charge in [-0.2, -0.15) is 0 Å². The third-order valence-corrected chi connectivity index (χ3v) is 7.25. The number of carbonyl (C=O) groups excluding carboxylic acids is 2. The number of anilines is 3. The molecule has 3 aromatic rings. The zero-order valence-electron chi connectivity index (χ0n) is 16.8. The number of benzene rings is 3. The third-order valence-electron chi connectivity index (χ3n) is 4.70. The highest BCUT2D eigenvalue weighted by atomic mass is 32.2. The highest BCUT2D eigenvalue weighted by Crippen LogP contribution is 2.36. The molecule has 32 heavy (non-hydrogen) atoms. The van der Waals surface area contributed by atoms with Crippen molar-refractivity contribution in [2.45, 2.75) is 22.0 Å². The van der Waals surface area contributed by atoms with Crippen molar-refractivity contribution in [3.05, 3.63) is 78.1 Å². The first-order valence-electron chi connectivity index (χ1n) is 9.53. The van der Waals surface area contributed by atoms with E-state index in [1.807, 2.05) is 0 Å². The van der Waals surface area contributed by atoms with E-state index in [4.69, 9.17) is 0 Å². The first-order valence-corrected chi connectivity index (χ1v) is 11.9. The van der Waals surface area contributed by atoms with Crippen molar-refractivity contribution in [3.63, 3.8) is 0 Å². The summed E-state index contributed by atoms with van der Waals surface area (Å²) in [7, 11) is -4.00. The molecule has 1 aliphatic rings. The fraction of sp³-hybridized carbons (Fsp3) is 0.0909. The number of nitrogens with one attached hydrogen (secondary N) is 3. The van der Waals surface area contributed by atoms with Crippen LogP contribution in [0, 0.1) is 5.82 Å². The molecule has 164 valence electrons. The molecule has 7 nitrogen and oxygen atoms in total. The van der Waals surface area contributed by atoms with Crippen molar-refractivity contribution < 1.29 is 22.4 Å². The molecule has 0 spiro atoms. The fourth-order valence-corrected chi connectivity index (χ4v) is 5.03. The molecule has 1 heterocycles. The molecule has 0 saturated heterocycles. The molecular formula is C22H18FN3O4S2. The molecule has 0 radical (unpaired) electrons. The minimum atomic E-state index is -4.00. The molecule has 0 aliphatic carbocycles. The van der Waals surface area contributed by atoms with Crippen LogP contribution in [-0.2, 0) is 14.8 Å². The molecule has 3 aromatic carbocycles. The minimum absolute atomic E-state index is 0.160. The minimum Gasteiger partial charge on any atom is -0.324 e. The maximum atomic E-state index is 14.6. The van der Waals surface area contributed by atoms with E-state index >= 15 is 0 Å². The lowest BCUT2D eigenvalue weighted by Gasteiger charge is -2.21. The second-order valence-corrected chi connectivity index (χ2v) is 10.1. The monoisotopic (exact) mass is 471 g/mol. The summed E-state index contributed by atoms with van der Waals surface area (Å²) in [5, 5.41) is 4.94. The van der Waals surface area contributed by atoms with E-state index in [1.165, 1.54) is 30.0 Å². The molecule has 0 bridgehead atoms. The van der Waals surface area contributed by atoms with Crippen LogP contribution in [0.15, 0.2) is 76.5 Å². The molecule has 2 amide bonds. The molecule has 4 rings (SSSR count). The SMILES string of the molecule is CC1Sc2ccc(C(=O)Nc3ccc(S(=O)(=O)Nc4ccccc4)cc3F)cc2NC1=O. The summed E-state index contributed by atoms with van der Waals surface area (Å²) in [4.78, 5) is 25.0. The molecule has 10 heteroatoms. The summed E-state index contributed by atoms with van der Waals surface area (Å²) in [6, 6.07) is 16.3. The van der Waals surface area contributed by atoms with Crippen LogP contribution in [0.4, 0.5) is 21.5 Å². The number of hydrogen-bond donors (Lipinski definition) is 3. The molecule has 1 atom stereocenters. The Labute approximate surface area is 188 Å². The molecule has 1 aliphatic heterocycles. The average Bonchev–Trinajstić information content (AvgIpc) is 2.76. The van der Waals surface area contributed by atoms with Crippen molar-refractivity contribution >= 4 is 50.7 Å². The molecule has 0 fully saturated rings. The van der Waals surface area contributed by atoms with E-state index in [-0.39, 0.29) is 27.3 Å². The second-order valence-electron chi connectivity index (χ2n) is 7.03. The molecule has 3 N–H and O–H groups in total. The second kappa shape index (κ2) is 8.64. The Morgan fingerprint density at radius 2 is 1.81 bits per heavy atom. The van der Waals surface area contributed by atoms with Gasteiger partial charge in [0.1, 0.15) is 5.82 Å². The van der Waals surface area contributed by atoms with Crippen LogP contribution in [-0.4, -0.2) is 25.5 Å². The number of fused-ring (bicyclic) bond motifs is 1. The van der Waals surface area contributed by atoms with Gasteiger partial charge in [0.15, 0.2) is 0 Å². The van der Waals surface area contributed by atoms with E-state index in [0.717, 1.165) is 11.0 Å². The summed E-state index contributed by atoms with van der Waals surface area (Å²) in [5.74, 6) is -1.65. The number of halogens is 1. The molecular weight excluding hydrogens is 453 g/mol. The first-order chi connectivity index (χ1) is 15.2. The van der Waals surface area contributed by atoms with Gasteiger partial charge in [-0.1, -0.05) is 18.2 Å².